The number of hydrogen-bond donors (Lipinski definition) is 0. The van der Waals surface area contributed by atoms with E-state index in [1.54, 1.807) is 14.0 Å². The molecule has 90 valence electrons. The van der Waals surface area contributed by atoms with Crippen LogP contribution in [0.4, 0.5) is 4.39 Å². The zero-order valence-electron chi connectivity index (χ0n) is 9.31. The lowest BCUT2D eigenvalue weighted by Crippen LogP contribution is -2.01. The van der Waals surface area contributed by atoms with Gasteiger partial charge >= 0.3 is 0 Å². The highest BCUT2D eigenvalue weighted by molar-refractivity contribution is 9.10. The van der Waals surface area contributed by atoms with Crippen molar-refractivity contribution in [3.8, 4) is 5.75 Å². The highest BCUT2D eigenvalue weighted by Gasteiger charge is 2.09. The Hall–Kier alpha value is -1.50. The Morgan fingerprint density at radius 2 is 2.24 bits per heavy atom. The summed E-state index contributed by atoms with van der Waals surface area (Å²) in [7, 11) is 1.68. The second-order valence-corrected chi connectivity index (χ2v) is 4.37. The number of aryl methyl sites for hydroxylation is 2. The Bertz CT molecular complexity index is 520. The van der Waals surface area contributed by atoms with Gasteiger partial charge in [0.15, 0.2) is 6.61 Å². The highest BCUT2D eigenvalue weighted by atomic mass is 79.9. The number of rotatable bonds is 3. The average molecular weight is 301 g/mol. The van der Waals surface area contributed by atoms with Gasteiger partial charge in [-0.25, -0.2) is 4.39 Å². The summed E-state index contributed by atoms with van der Waals surface area (Å²) in [4.78, 5) is 1.35. The van der Waals surface area contributed by atoms with Crippen LogP contribution in [0.3, 0.4) is 0 Å². The number of aromatic nitrogens is 4. The van der Waals surface area contributed by atoms with E-state index in [1.807, 2.05) is 0 Å². The van der Waals surface area contributed by atoms with Crippen LogP contribution in [0.25, 0.3) is 0 Å². The first-order valence-electron chi connectivity index (χ1n) is 4.87. The predicted molar refractivity (Wildman–Crippen MR) is 62.0 cm³/mol. The summed E-state index contributed by atoms with van der Waals surface area (Å²) >= 11 is 3.25. The van der Waals surface area contributed by atoms with Crippen LogP contribution in [0.5, 0.6) is 5.75 Å². The monoisotopic (exact) mass is 300 g/mol. The summed E-state index contributed by atoms with van der Waals surface area (Å²) in [5, 5.41) is 11.5. The van der Waals surface area contributed by atoms with Crippen LogP contribution in [-0.4, -0.2) is 20.2 Å². The summed E-state index contributed by atoms with van der Waals surface area (Å²) < 4.78 is 19.1. The fourth-order valence-corrected chi connectivity index (χ4v) is 2.04. The zero-order chi connectivity index (χ0) is 12.4. The highest BCUT2D eigenvalue weighted by Crippen LogP contribution is 2.30. The third kappa shape index (κ3) is 2.79. The number of ether oxygens (including phenoxy) is 1. The van der Waals surface area contributed by atoms with Crippen LogP contribution in [0.15, 0.2) is 16.6 Å². The van der Waals surface area contributed by atoms with Gasteiger partial charge in [-0.1, -0.05) is 0 Å². The number of benzene rings is 1. The van der Waals surface area contributed by atoms with Gasteiger partial charge in [-0.05, 0) is 45.8 Å². The van der Waals surface area contributed by atoms with Crippen molar-refractivity contribution in [3.63, 3.8) is 0 Å². The smallest absolute Gasteiger partial charge is 0.212 e. The number of halogens is 2. The Labute approximate surface area is 106 Å². The molecular weight excluding hydrogens is 291 g/mol. The van der Waals surface area contributed by atoms with Crippen molar-refractivity contribution in [2.24, 2.45) is 7.05 Å². The van der Waals surface area contributed by atoms with Crippen molar-refractivity contribution in [1.82, 2.24) is 20.2 Å². The molecule has 0 unspecified atom stereocenters. The lowest BCUT2D eigenvalue weighted by atomic mass is 10.2. The second kappa shape index (κ2) is 4.79. The molecule has 5 nitrogen and oxygen atoms in total. The van der Waals surface area contributed by atoms with Crippen LogP contribution >= 0.6 is 15.9 Å². The summed E-state index contributed by atoms with van der Waals surface area (Å²) in [6.45, 7) is 1.96. The van der Waals surface area contributed by atoms with E-state index < -0.39 is 0 Å². The maximum Gasteiger partial charge on any atom is 0.212 e. The molecule has 7 heteroatoms. The van der Waals surface area contributed by atoms with Gasteiger partial charge in [0.05, 0.1) is 11.5 Å². The molecule has 0 aliphatic rings. The van der Waals surface area contributed by atoms with Gasteiger partial charge in [-0.3, -0.25) is 0 Å². The molecule has 0 amide bonds. The first-order valence-corrected chi connectivity index (χ1v) is 5.67. The topological polar surface area (TPSA) is 52.8 Å². The molecule has 0 saturated heterocycles. The molecule has 0 spiro atoms. The molecule has 1 aromatic heterocycles. The van der Waals surface area contributed by atoms with E-state index in [4.69, 9.17) is 4.74 Å². The minimum Gasteiger partial charge on any atom is -0.484 e. The molecular formula is C10H10BrFN4O. The normalized spacial score (nSPS) is 10.6. The van der Waals surface area contributed by atoms with Crippen molar-refractivity contribution in [1.29, 1.82) is 0 Å². The average Bonchev–Trinajstić information content (AvgIpc) is 2.62. The fraction of sp³-hybridized carbons (Fsp3) is 0.300. The van der Waals surface area contributed by atoms with Gasteiger partial charge < -0.3 is 4.74 Å². The molecule has 2 rings (SSSR count). The molecule has 0 atom stereocenters. The fourth-order valence-electron chi connectivity index (χ4n) is 1.39. The van der Waals surface area contributed by atoms with E-state index in [9.17, 15) is 4.39 Å². The van der Waals surface area contributed by atoms with E-state index >= 15 is 0 Å². The predicted octanol–water partition coefficient (Wildman–Crippen LogP) is 2.00. The molecule has 0 aliphatic carbocycles. The van der Waals surface area contributed by atoms with E-state index in [0.29, 0.717) is 21.6 Å². The number of tetrazole rings is 1. The van der Waals surface area contributed by atoms with Gasteiger partial charge in [-0.15, -0.1) is 10.2 Å². The van der Waals surface area contributed by atoms with Crippen molar-refractivity contribution < 1.29 is 9.13 Å². The molecule has 0 N–H and O–H groups in total. The minimum absolute atomic E-state index is 0.193. The maximum absolute atomic E-state index is 13.1. The first-order chi connectivity index (χ1) is 8.06. The lowest BCUT2D eigenvalue weighted by Gasteiger charge is -2.09. The van der Waals surface area contributed by atoms with Gasteiger partial charge in [-0.2, -0.15) is 4.80 Å². The van der Waals surface area contributed by atoms with Crippen LogP contribution in [-0.2, 0) is 13.7 Å². The maximum atomic E-state index is 13.1. The van der Waals surface area contributed by atoms with E-state index in [0.717, 1.165) is 0 Å². The zero-order valence-corrected chi connectivity index (χ0v) is 10.9. The second-order valence-electron chi connectivity index (χ2n) is 3.52. The lowest BCUT2D eigenvalue weighted by molar-refractivity contribution is 0.291. The Morgan fingerprint density at radius 3 is 2.82 bits per heavy atom. The van der Waals surface area contributed by atoms with E-state index in [1.165, 1.54) is 16.9 Å². The number of hydrogen-bond acceptors (Lipinski definition) is 4. The summed E-state index contributed by atoms with van der Waals surface area (Å²) in [6, 6.07) is 2.76. The van der Waals surface area contributed by atoms with Crippen molar-refractivity contribution >= 4 is 15.9 Å². The largest absolute Gasteiger partial charge is 0.484 e. The van der Waals surface area contributed by atoms with Crippen molar-refractivity contribution in [3.05, 3.63) is 33.8 Å². The summed E-state index contributed by atoms with van der Waals surface area (Å²) in [5.74, 6) is 0.751. The van der Waals surface area contributed by atoms with Gasteiger partial charge in [0.2, 0.25) is 5.82 Å². The minimum atomic E-state index is -0.306. The molecule has 0 bridgehead atoms. The molecule has 17 heavy (non-hydrogen) atoms. The third-order valence-electron chi connectivity index (χ3n) is 2.09. The van der Waals surface area contributed by atoms with Gasteiger partial charge in [0.25, 0.3) is 0 Å². The van der Waals surface area contributed by atoms with Crippen molar-refractivity contribution in [2.75, 3.05) is 0 Å². The molecule has 1 heterocycles. The summed E-state index contributed by atoms with van der Waals surface area (Å²) in [6.07, 6.45) is 0. The standard InChI is InChI=1S/C10H10BrFN4O/c1-6-3-7(12)4-8(11)10(6)17-5-9-13-15-16(2)14-9/h3-4H,5H2,1-2H3. The summed E-state index contributed by atoms with van der Waals surface area (Å²) in [5.41, 5.74) is 0.709. The van der Waals surface area contributed by atoms with Crippen LogP contribution < -0.4 is 4.74 Å². The van der Waals surface area contributed by atoms with Crippen molar-refractivity contribution in [2.45, 2.75) is 13.5 Å². The van der Waals surface area contributed by atoms with E-state index in [-0.39, 0.29) is 12.4 Å². The van der Waals surface area contributed by atoms with Gasteiger partial charge in [0, 0.05) is 0 Å². The van der Waals surface area contributed by atoms with Crippen LogP contribution in [0.1, 0.15) is 11.4 Å². The Morgan fingerprint density at radius 1 is 1.47 bits per heavy atom. The van der Waals surface area contributed by atoms with Gasteiger partial charge in [0.1, 0.15) is 11.6 Å². The quantitative estimate of drug-likeness (QED) is 0.870. The SMILES string of the molecule is Cc1cc(F)cc(Br)c1OCc1nnn(C)n1. The molecule has 0 fully saturated rings. The van der Waals surface area contributed by atoms with E-state index in [2.05, 4.69) is 31.3 Å². The first kappa shape index (κ1) is 12.0. The molecule has 0 aliphatic heterocycles. The molecule has 0 radical (unpaired) electrons. The molecule has 1 aromatic carbocycles. The Kier molecular flexibility index (Phi) is 3.37. The molecule has 2 aromatic rings. The number of nitrogens with zero attached hydrogens (tertiary/aromatic N) is 4. The Balaban J connectivity index is 2.14. The molecule has 0 saturated carbocycles. The van der Waals surface area contributed by atoms with Crippen LogP contribution in [0.2, 0.25) is 0 Å². The van der Waals surface area contributed by atoms with Crippen LogP contribution in [0, 0.1) is 12.7 Å². The third-order valence-corrected chi connectivity index (χ3v) is 2.68.